The lowest BCUT2D eigenvalue weighted by atomic mass is 10.1. The van der Waals surface area contributed by atoms with Gasteiger partial charge >= 0.3 is 12.0 Å². The van der Waals surface area contributed by atoms with Gasteiger partial charge < -0.3 is 24.6 Å². The summed E-state index contributed by atoms with van der Waals surface area (Å²) in [6.07, 6.45) is 5.36. The van der Waals surface area contributed by atoms with Crippen LogP contribution in [0.3, 0.4) is 0 Å². The van der Waals surface area contributed by atoms with E-state index in [1.165, 1.54) is 11.1 Å². The third-order valence-electron chi connectivity index (χ3n) is 5.93. The number of urea groups is 1. The Balaban J connectivity index is 0.00000391. The predicted molar refractivity (Wildman–Crippen MR) is 165 cm³/mol. The lowest BCUT2D eigenvalue weighted by Gasteiger charge is -2.29. The van der Waals surface area contributed by atoms with Gasteiger partial charge in [0.25, 0.3) is 0 Å². The number of ether oxygens (including phenoxy) is 2. The molecule has 2 aromatic carbocycles. The van der Waals surface area contributed by atoms with Crippen molar-refractivity contribution in [3.05, 3.63) is 54.6 Å². The van der Waals surface area contributed by atoms with Crippen LogP contribution in [0.4, 0.5) is 4.79 Å². The number of carbonyl (C=O) groups excluding carboxylic acids is 2. The summed E-state index contributed by atoms with van der Waals surface area (Å²) in [5, 5.41) is 5.88. The Bertz CT molecular complexity index is 940. The number of likely N-dealkylation sites (N-methyl/N-ethyl adjacent to an activating group) is 1. The number of nitrogens with one attached hydrogen (secondary N) is 2. The maximum Gasteiger partial charge on any atom is 0.315 e. The van der Waals surface area contributed by atoms with Crippen molar-refractivity contribution in [2.45, 2.75) is 72.3 Å². The molecule has 0 saturated heterocycles. The van der Waals surface area contributed by atoms with Crippen molar-refractivity contribution in [2.24, 2.45) is 5.92 Å². The minimum absolute atomic E-state index is 0.175. The van der Waals surface area contributed by atoms with Gasteiger partial charge in [-0.05, 0) is 42.0 Å². The number of amides is 2. The van der Waals surface area contributed by atoms with Crippen molar-refractivity contribution in [1.82, 2.24) is 10.6 Å². The molecule has 0 aliphatic carbocycles. The summed E-state index contributed by atoms with van der Waals surface area (Å²) in [6.45, 7) is 10.4. The summed E-state index contributed by atoms with van der Waals surface area (Å²) in [4.78, 5) is 24.6. The number of rotatable bonds is 17. The molecule has 0 aliphatic heterocycles. The van der Waals surface area contributed by atoms with Crippen LogP contribution in [0.2, 0.25) is 0 Å². The third-order valence-corrected chi connectivity index (χ3v) is 5.93. The Kier molecular flexibility index (Phi) is 17.4. The molecule has 2 N–H and O–H groups in total. The summed E-state index contributed by atoms with van der Waals surface area (Å²) < 4.78 is 11.8. The number of hydrogen-bond acceptors (Lipinski definition) is 4. The lowest BCUT2D eigenvalue weighted by Crippen LogP contribution is -2.52. The molecule has 0 bridgehead atoms. The topological polar surface area (TPSA) is 76.7 Å². The Labute approximate surface area is 243 Å². The summed E-state index contributed by atoms with van der Waals surface area (Å²) in [5.41, 5.74) is 2.39. The predicted octanol–water partition coefficient (Wildman–Crippen LogP) is 6.67. The number of carbonyl (C=O) groups is 2. The first-order chi connectivity index (χ1) is 19.1. The van der Waals surface area contributed by atoms with Gasteiger partial charge in [0.2, 0.25) is 0 Å². The fourth-order valence-electron chi connectivity index (χ4n) is 4.10. The van der Waals surface area contributed by atoms with Crippen LogP contribution in [0.5, 0.6) is 5.75 Å². The first kappa shape index (κ1) is 35.0. The molecule has 7 heteroatoms. The minimum Gasteiger partial charge on any atom is -0.494 e. The highest BCUT2D eigenvalue weighted by Gasteiger charge is 2.23. The molecular formula is C33H54N3O4+. The zero-order valence-corrected chi connectivity index (χ0v) is 26.0. The molecular weight excluding hydrogens is 502 g/mol. The molecule has 0 fully saturated rings. The van der Waals surface area contributed by atoms with Crippen molar-refractivity contribution >= 4 is 12.0 Å². The highest BCUT2D eigenvalue weighted by Crippen LogP contribution is 2.22. The van der Waals surface area contributed by atoms with Crippen molar-refractivity contribution < 1.29 is 23.5 Å². The number of benzene rings is 2. The van der Waals surface area contributed by atoms with Gasteiger partial charge in [-0.3, -0.25) is 4.79 Å². The quantitative estimate of drug-likeness (QED) is 0.130. The van der Waals surface area contributed by atoms with Crippen molar-refractivity contribution in [1.29, 1.82) is 0 Å². The molecule has 40 heavy (non-hydrogen) atoms. The van der Waals surface area contributed by atoms with E-state index >= 15 is 0 Å². The van der Waals surface area contributed by atoms with Gasteiger partial charge in [0.15, 0.2) is 0 Å². The highest BCUT2D eigenvalue weighted by atomic mass is 16.5. The molecule has 0 aromatic heterocycles. The zero-order chi connectivity index (χ0) is 29.8. The molecule has 0 unspecified atom stereocenters. The van der Waals surface area contributed by atoms with E-state index in [-0.39, 0.29) is 30.4 Å². The first-order valence-corrected chi connectivity index (χ1v) is 14.9. The fourth-order valence-corrected chi connectivity index (χ4v) is 4.10. The van der Waals surface area contributed by atoms with E-state index in [2.05, 4.69) is 34.9 Å². The van der Waals surface area contributed by atoms with E-state index in [0.29, 0.717) is 30.8 Å². The fraction of sp³-hybridized carbons (Fsp3) is 0.576. The van der Waals surface area contributed by atoms with Crippen molar-refractivity contribution in [3.63, 3.8) is 0 Å². The molecule has 224 valence electrons. The van der Waals surface area contributed by atoms with Crippen LogP contribution in [0.15, 0.2) is 54.6 Å². The second-order valence-corrected chi connectivity index (χ2v) is 11.4. The first-order valence-electron chi connectivity index (χ1n) is 14.9. The Morgan fingerprint density at radius 3 is 2.05 bits per heavy atom. The molecule has 0 radical (unpaired) electrons. The van der Waals surface area contributed by atoms with Crippen molar-refractivity contribution in [2.75, 3.05) is 47.4 Å². The van der Waals surface area contributed by atoms with Crippen LogP contribution in [0, 0.1) is 5.92 Å². The Hall–Kier alpha value is -3.06. The average molecular weight is 557 g/mol. The normalized spacial score (nSPS) is 11.7. The minimum atomic E-state index is -0.274. The van der Waals surface area contributed by atoms with Gasteiger partial charge in [-0.1, -0.05) is 89.4 Å². The number of nitrogens with zero attached hydrogens (tertiary/aromatic N) is 1. The SMILES string of the molecule is CC.CC(C)COC(=O)C[C@H](C[N+](C)(C)C)NC(=O)NCCCCCCCOc1ccc(-c2ccccc2)cc1. The van der Waals surface area contributed by atoms with Gasteiger partial charge in [0.05, 0.1) is 53.4 Å². The van der Waals surface area contributed by atoms with Gasteiger partial charge in [-0.2, -0.15) is 0 Å². The largest absolute Gasteiger partial charge is 0.494 e. The second kappa shape index (κ2) is 19.9. The molecule has 0 aliphatic rings. The van der Waals surface area contributed by atoms with Gasteiger partial charge in [-0.25, -0.2) is 4.79 Å². The molecule has 1 atom stereocenters. The van der Waals surface area contributed by atoms with Crippen LogP contribution in [-0.2, 0) is 9.53 Å². The average Bonchev–Trinajstić information content (AvgIpc) is 2.92. The van der Waals surface area contributed by atoms with Gasteiger partial charge in [0.1, 0.15) is 5.75 Å². The lowest BCUT2D eigenvalue weighted by molar-refractivity contribution is -0.871. The third kappa shape index (κ3) is 16.8. The molecule has 0 heterocycles. The Morgan fingerprint density at radius 1 is 0.825 bits per heavy atom. The molecule has 2 aromatic rings. The van der Waals surface area contributed by atoms with Gasteiger partial charge in [0, 0.05) is 6.54 Å². The van der Waals surface area contributed by atoms with Crippen molar-refractivity contribution in [3.8, 4) is 16.9 Å². The monoisotopic (exact) mass is 556 g/mol. The number of quaternary nitrogens is 1. The van der Waals surface area contributed by atoms with Gasteiger partial charge in [-0.15, -0.1) is 0 Å². The van der Waals surface area contributed by atoms with Crippen LogP contribution in [-0.4, -0.2) is 70.0 Å². The highest BCUT2D eigenvalue weighted by molar-refractivity contribution is 5.76. The van der Waals surface area contributed by atoms with Crippen LogP contribution < -0.4 is 15.4 Å². The number of unbranched alkanes of at least 4 members (excludes halogenated alkanes) is 4. The summed E-state index contributed by atoms with van der Waals surface area (Å²) in [5.74, 6) is 0.916. The van der Waals surface area contributed by atoms with E-state index in [9.17, 15) is 9.59 Å². The maximum absolute atomic E-state index is 12.4. The molecule has 0 saturated carbocycles. The molecule has 7 nitrogen and oxygen atoms in total. The van der Waals surface area contributed by atoms with E-state index in [1.54, 1.807) is 0 Å². The molecule has 2 amide bonds. The Morgan fingerprint density at radius 2 is 1.43 bits per heavy atom. The van der Waals surface area contributed by atoms with Crippen LogP contribution in [0.25, 0.3) is 11.1 Å². The molecule has 0 spiro atoms. The van der Waals surface area contributed by atoms with Crippen LogP contribution >= 0.6 is 0 Å². The number of esters is 1. The standard InChI is InChI=1S/C31H47N3O4.C2H6/c1-25(2)24-38-30(35)22-28(23-34(3,4)5)33-31(36)32-20-12-7-6-8-13-21-37-29-18-16-27(17-19-29)26-14-10-9-11-15-26;1-2/h9-11,14-19,25,28H,6-8,12-13,20-24H2,1-5H3,(H-,32,33,36);1-2H3/p+1/t28-;/m1./s1. The van der Waals surface area contributed by atoms with E-state index in [1.807, 2.05) is 79.2 Å². The molecule has 2 rings (SSSR count). The maximum atomic E-state index is 12.4. The summed E-state index contributed by atoms with van der Waals surface area (Å²) in [6, 6.07) is 18.1. The van der Waals surface area contributed by atoms with E-state index in [4.69, 9.17) is 9.47 Å². The van der Waals surface area contributed by atoms with E-state index < -0.39 is 0 Å². The number of hydrogen-bond donors (Lipinski definition) is 2. The second-order valence-electron chi connectivity index (χ2n) is 11.4. The smallest absolute Gasteiger partial charge is 0.315 e. The summed E-state index contributed by atoms with van der Waals surface area (Å²) >= 11 is 0. The van der Waals surface area contributed by atoms with Crippen LogP contribution in [0.1, 0.15) is 66.2 Å². The zero-order valence-electron chi connectivity index (χ0n) is 26.0. The summed E-state index contributed by atoms with van der Waals surface area (Å²) in [7, 11) is 6.12. The van der Waals surface area contributed by atoms with E-state index in [0.717, 1.165) is 37.9 Å².